The lowest BCUT2D eigenvalue weighted by molar-refractivity contribution is -0.0122. The fourth-order valence-corrected chi connectivity index (χ4v) is 6.04. The molecule has 1 heterocycles. The van der Waals surface area contributed by atoms with Crippen LogP contribution in [0.15, 0.2) is 47.4 Å². The van der Waals surface area contributed by atoms with Crippen molar-refractivity contribution in [2.75, 3.05) is 38.1 Å². The summed E-state index contributed by atoms with van der Waals surface area (Å²) in [5, 5.41) is 13.0. The number of nitrogens with zero attached hydrogens (tertiary/aromatic N) is 2. The summed E-state index contributed by atoms with van der Waals surface area (Å²) in [6, 6.07) is 8.03. The van der Waals surface area contributed by atoms with E-state index in [-0.39, 0.29) is 59.1 Å². The van der Waals surface area contributed by atoms with Crippen LogP contribution in [0, 0.1) is 11.7 Å². The summed E-state index contributed by atoms with van der Waals surface area (Å²) < 4.78 is 54.5. The molecule has 0 unspecified atom stereocenters. The Morgan fingerprint density at radius 3 is 2.47 bits per heavy atom. The Labute approximate surface area is 266 Å². The molecule has 3 rings (SSSR count). The molecule has 0 bridgehead atoms. The van der Waals surface area contributed by atoms with E-state index in [0.29, 0.717) is 19.6 Å². The fraction of sp³-hybridized carbons (Fsp3) is 0.562. The number of rotatable bonds is 8. The summed E-state index contributed by atoms with van der Waals surface area (Å²) in [7, 11) is -2.39. The minimum absolute atomic E-state index is 0.0323. The fourth-order valence-electron chi connectivity index (χ4n) is 4.99. The summed E-state index contributed by atoms with van der Waals surface area (Å²) in [6.45, 7) is 9.95. The van der Waals surface area contributed by atoms with Gasteiger partial charge in [-0.1, -0.05) is 6.92 Å². The van der Waals surface area contributed by atoms with E-state index in [1.807, 2.05) is 27.7 Å². The first-order valence-electron chi connectivity index (χ1n) is 15.4. The Morgan fingerprint density at radius 2 is 1.82 bits per heavy atom. The zero-order valence-corrected chi connectivity index (χ0v) is 27.8. The van der Waals surface area contributed by atoms with Crippen LogP contribution in [0.4, 0.5) is 14.9 Å². The second-order valence-corrected chi connectivity index (χ2v) is 13.7. The minimum atomic E-state index is -4.09. The number of sulfonamides is 1. The van der Waals surface area contributed by atoms with Crippen LogP contribution in [-0.4, -0.2) is 92.9 Å². The number of hydrogen-bond donors (Lipinski definition) is 3. The molecule has 2 aromatic carbocycles. The van der Waals surface area contributed by atoms with Crippen molar-refractivity contribution in [1.29, 1.82) is 0 Å². The normalized spacial score (nSPS) is 20.9. The van der Waals surface area contributed by atoms with Gasteiger partial charge in [-0.25, -0.2) is 17.6 Å². The van der Waals surface area contributed by atoms with Gasteiger partial charge in [-0.3, -0.25) is 9.52 Å². The van der Waals surface area contributed by atoms with Gasteiger partial charge in [0.25, 0.3) is 15.9 Å². The Morgan fingerprint density at radius 1 is 1.13 bits per heavy atom. The minimum Gasteiger partial charge on any atom is -0.490 e. The molecule has 1 aliphatic heterocycles. The molecule has 0 fully saturated rings. The van der Waals surface area contributed by atoms with Crippen LogP contribution < -0.4 is 14.8 Å². The largest absolute Gasteiger partial charge is 0.490 e. The topological polar surface area (TPSA) is 138 Å². The van der Waals surface area contributed by atoms with Crippen molar-refractivity contribution in [2.45, 2.75) is 83.1 Å². The number of carbonyl (C=O) groups excluding carboxylic acids is 2. The molecule has 11 nitrogen and oxygen atoms in total. The SMILES string of the molecule is CC(C)NC(=O)N(C)C[C@H]1OCCCC[C@@H](C)Oc2ccc(NS(=O)(=O)c3ccc(F)cc3)cc2C(=O)N([C@H](C)CO)C[C@@H]1C. The summed E-state index contributed by atoms with van der Waals surface area (Å²) in [5.74, 6) is -0.990. The third-order valence-electron chi connectivity index (χ3n) is 7.64. The number of anilines is 1. The van der Waals surface area contributed by atoms with Gasteiger partial charge in [0.15, 0.2) is 0 Å². The molecule has 0 aliphatic carbocycles. The highest BCUT2D eigenvalue weighted by atomic mass is 32.2. The summed E-state index contributed by atoms with van der Waals surface area (Å²) in [6.07, 6.45) is 1.60. The van der Waals surface area contributed by atoms with Gasteiger partial charge in [0.1, 0.15) is 11.6 Å². The number of aliphatic hydroxyl groups excluding tert-OH is 1. The van der Waals surface area contributed by atoms with Crippen LogP contribution in [0.25, 0.3) is 0 Å². The number of urea groups is 1. The Kier molecular flexibility index (Phi) is 13.0. The molecule has 13 heteroatoms. The van der Waals surface area contributed by atoms with E-state index in [2.05, 4.69) is 10.0 Å². The molecule has 4 atom stereocenters. The predicted octanol–water partition coefficient (Wildman–Crippen LogP) is 4.47. The van der Waals surface area contributed by atoms with E-state index in [9.17, 15) is 27.5 Å². The van der Waals surface area contributed by atoms with Crippen LogP contribution in [-0.2, 0) is 14.8 Å². The molecule has 0 saturated heterocycles. The number of aliphatic hydroxyl groups is 1. The molecular formula is C32H47FN4O7S. The summed E-state index contributed by atoms with van der Waals surface area (Å²) in [4.78, 5) is 29.9. The number of benzene rings is 2. The third-order valence-corrected chi connectivity index (χ3v) is 9.04. The van der Waals surface area contributed by atoms with E-state index in [1.165, 1.54) is 17.0 Å². The van der Waals surface area contributed by atoms with Crippen molar-refractivity contribution < 1.29 is 37.0 Å². The zero-order valence-electron chi connectivity index (χ0n) is 27.0. The molecule has 0 aromatic heterocycles. The number of amides is 3. The average molecular weight is 651 g/mol. The van der Waals surface area contributed by atoms with Gasteiger partial charge in [-0.05, 0) is 89.4 Å². The lowest BCUT2D eigenvalue weighted by atomic mass is 10.0. The first-order chi connectivity index (χ1) is 21.2. The molecule has 45 heavy (non-hydrogen) atoms. The standard InChI is InChI=1S/C32H47FN4O7S/c1-21(2)34-32(40)36(6)19-30-22(3)18-37(23(4)20-38)31(39)28-17-26(35-45(41,42)27-13-10-25(33)11-14-27)12-15-29(28)44-24(5)9-7-8-16-43-30/h10-15,17,21-24,30,35,38H,7-9,16,18-20H2,1-6H3,(H,34,40)/t22-,23+,24+,30+/m0/s1. The number of nitrogens with one attached hydrogen (secondary N) is 2. The molecular weight excluding hydrogens is 603 g/mol. The van der Waals surface area contributed by atoms with Crippen molar-refractivity contribution in [3.8, 4) is 5.75 Å². The van der Waals surface area contributed by atoms with E-state index in [0.717, 1.165) is 37.1 Å². The molecule has 0 saturated carbocycles. The third kappa shape index (κ3) is 10.3. The van der Waals surface area contributed by atoms with E-state index in [1.54, 1.807) is 24.9 Å². The second-order valence-electron chi connectivity index (χ2n) is 12.1. The number of ether oxygens (including phenoxy) is 2. The average Bonchev–Trinajstić information content (AvgIpc) is 2.98. The number of hydrogen-bond acceptors (Lipinski definition) is 7. The van der Waals surface area contributed by atoms with Crippen molar-refractivity contribution in [1.82, 2.24) is 15.1 Å². The molecule has 3 N–H and O–H groups in total. The predicted molar refractivity (Wildman–Crippen MR) is 170 cm³/mol. The lowest BCUT2D eigenvalue weighted by Gasteiger charge is -2.36. The Hall–Kier alpha value is -3.42. The van der Waals surface area contributed by atoms with Gasteiger partial charge in [0.05, 0.1) is 35.3 Å². The van der Waals surface area contributed by atoms with Crippen LogP contribution in [0.1, 0.15) is 64.2 Å². The molecule has 2 aromatic rings. The van der Waals surface area contributed by atoms with Crippen LogP contribution in [0.2, 0.25) is 0 Å². The summed E-state index contributed by atoms with van der Waals surface area (Å²) >= 11 is 0. The van der Waals surface area contributed by atoms with Crippen LogP contribution >= 0.6 is 0 Å². The van der Waals surface area contributed by atoms with Gasteiger partial charge in [-0.15, -0.1) is 0 Å². The smallest absolute Gasteiger partial charge is 0.317 e. The van der Waals surface area contributed by atoms with Crippen molar-refractivity contribution in [3.05, 3.63) is 53.8 Å². The first-order valence-corrected chi connectivity index (χ1v) is 16.8. The Bertz CT molecular complexity index is 1390. The maximum atomic E-state index is 14.2. The number of fused-ring (bicyclic) bond motifs is 1. The molecule has 3 amide bonds. The van der Waals surface area contributed by atoms with Gasteiger partial charge in [0.2, 0.25) is 0 Å². The van der Waals surface area contributed by atoms with E-state index >= 15 is 0 Å². The van der Waals surface area contributed by atoms with Crippen LogP contribution in [0.3, 0.4) is 0 Å². The second kappa shape index (κ2) is 16.2. The lowest BCUT2D eigenvalue weighted by Crippen LogP contribution is -2.49. The van der Waals surface area contributed by atoms with Gasteiger partial charge >= 0.3 is 6.03 Å². The zero-order chi connectivity index (χ0) is 33.3. The number of halogens is 1. The number of carbonyl (C=O) groups is 2. The summed E-state index contributed by atoms with van der Waals surface area (Å²) in [5.41, 5.74) is 0.240. The maximum Gasteiger partial charge on any atom is 0.317 e. The molecule has 0 radical (unpaired) electrons. The van der Waals surface area contributed by atoms with Crippen LogP contribution in [0.5, 0.6) is 5.75 Å². The molecule has 250 valence electrons. The Balaban J connectivity index is 1.98. The number of likely N-dealkylation sites (N-methyl/N-ethyl adjacent to an activating group) is 1. The van der Waals surface area contributed by atoms with Crippen molar-refractivity contribution in [3.63, 3.8) is 0 Å². The van der Waals surface area contributed by atoms with E-state index in [4.69, 9.17) is 9.47 Å². The van der Waals surface area contributed by atoms with Gasteiger partial charge in [-0.2, -0.15) is 0 Å². The highest BCUT2D eigenvalue weighted by molar-refractivity contribution is 7.92. The molecule has 1 aliphatic rings. The highest BCUT2D eigenvalue weighted by Gasteiger charge is 2.31. The quantitative estimate of drug-likeness (QED) is 0.383. The monoisotopic (exact) mass is 650 g/mol. The maximum absolute atomic E-state index is 14.2. The van der Waals surface area contributed by atoms with Gasteiger partial charge < -0.3 is 29.7 Å². The first kappa shape index (κ1) is 36.1. The molecule has 0 spiro atoms. The van der Waals surface area contributed by atoms with Crippen molar-refractivity contribution >= 4 is 27.6 Å². The van der Waals surface area contributed by atoms with Crippen molar-refractivity contribution in [2.24, 2.45) is 5.92 Å². The highest BCUT2D eigenvalue weighted by Crippen LogP contribution is 2.29. The van der Waals surface area contributed by atoms with E-state index < -0.39 is 33.9 Å². The van der Waals surface area contributed by atoms with Gasteiger partial charge in [0, 0.05) is 44.4 Å².